The number of ether oxygens (including phenoxy) is 1. The van der Waals surface area contributed by atoms with Crippen molar-refractivity contribution >= 4 is 0 Å². The number of hydrogen-bond acceptors (Lipinski definition) is 1. The van der Waals surface area contributed by atoms with Crippen LogP contribution in [0, 0.1) is 17.3 Å². The lowest BCUT2D eigenvalue weighted by Gasteiger charge is -2.08. The second-order valence-corrected chi connectivity index (χ2v) is 4.57. The van der Waals surface area contributed by atoms with Gasteiger partial charge in [-0.15, -0.1) is 13.2 Å². The quantitative estimate of drug-likeness (QED) is 0.677. The molecular formula is C13H13F3O. The molecule has 0 N–H and O–H groups in total. The van der Waals surface area contributed by atoms with Crippen LogP contribution in [-0.2, 0) is 0 Å². The zero-order valence-corrected chi connectivity index (χ0v) is 9.85. The molecule has 1 nitrogen and oxygen atoms in total. The van der Waals surface area contributed by atoms with Crippen molar-refractivity contribution in [2.45, 2.75) is 27.1 Å². The minimum absolute atomic E-state index is 0.138. The molecule has 0 atom stereocenters. The average Bonchev–Trinajstić information content (AvgIpc) is 2.13. The van der Waals surface area contributed by atoms with Crippen molar-refractivity contribution in [3.05, 3.63) is 29.8 Å². The van der Waals surface area contributed by atoms with Gasteiger partial charge in [0.05, 0.1) is 0 Å². The first-order valence-corrected chi connectivity index (χ1v) is 5.05. The smallest absolute Gasteiger partial charge is 0.406 e. The topological polar surface area (TPSA) is 9.23 Å². The van der Waals surface area contributed by atoms with Crippen molar-refractivity contribution < 1.29 is 17.9 Å². The van der Waals surface area contributed by atoms with Crippen molar-refractivity contribution in [2.75, 3.05) is 0 Å². The van der Waals surface area contributed by atoms with E-state index in [0.717, 1.165) is 0 Å². The summed E-state index contributed by atoms with van der Waals surface area (Å²) >= 11 is 0. The lowest BCUT2D eigenvalue weighted by molar-refractivity contribution is -0.274. The van der Waals surface area contributed by atoms with Crippen LogP contribution in [0.15, 0.2) is 24.3 Å². The summed E-state index contributed by atoms with van der Waals surface area (Å²) in [4.78, 5) is 0. The van der Waals surface area contributed by atoms with Gasteiger partial charge >= 0.3 is 6.36 Å². The molecule has 17 heavy (non-hydrogen) atoms. The molecule has 0 fully saturated rings. The lowest BCUT2D eigenvalue weighted by atomic mass is 9.97. The van der Waals surface area contributed by atoms with Crippen molar-refractivity contribution in [3.63, 3.8) is 0 Å². The molecule has 0 bridgehead atoms. The molecule has 1 aromatic rings. The molecule has 92 valence electrons. The minimum atomic E-state index is -4.65. The van der Waals surface area contributed by atoms with E-state index < -0.39 is 6.36 Å². The zero-order valence-electron chi connectivity index (χ0n) is 9.85. The van der Waals surface area contributed by atoms with Gasteiger partial charge < -0.3 is 4.74 Å². The average molecular weight is 242 g/mol. The van der Waals surface area contributed by atoms with Gasteiger partial charge in [-0.3, -0.25) is 0 Å². The van der Waals surface area contributed by atoms with E-state index in [9.17, 15) is 13.2 Å². The maximum Gasteiger partial charge on any atom is 0.573 e. The van der Waals surface area contributed by atoms with Crippen molar-refractivity contribution in [1.29, 1.82) is 0 Å². The van der Waals surface area contributed by atoms with Gasteiger partial charge in [-0.05, 0) is 45.0 Å². The van der Waals surface area contributed by atoms with E-state index in [0.29, 0.717) is 5.56 Å². The van der Waals surface area contributed by atoms with Crippen LogP contribution in [0.2, 0.25) is 0 Å². The van der Waals surface area contributed by atoms with E-state index in [4.69, 9.17) is 0 Å². The lowest BCUT2D eigenvalue weighted by Crippen LogP contribution is -2.16. The fourth-order valence-electron chi connectivity index (χ4n) is 1.000. The molecule has 1 aromatic carbocycles. The molecule has 0 saturated heterocycles. The predicted molar refractivity (Wildman–Crippen MR) is 59.5 cm³/mol. The summed E-state index contributed by atoms with van der Waals surface area (Å²) in [5.74, 6) is 5.64. The molecule has 0 spiro atoms. The number of halogens is 3. The van der Waals surface area contributed by atoms with Crippen LogP contribution in [0.25, 0.3) is 0 Å². The number of benzene rings is 1. The predicted octanol–water partition coefficient (Wildman–Crippen LogP) is 3.98. The SMILES string of the molecule is CC(C)(C)C#Cc1ccc(OC(F)(F)F)cc1. The van der Waals surface area contributed by atoms with E-state index in [2.05, 4.69) is 16.6 Å². The molecule has 0 heterocycles. The fraction of sp³-hybridized carbons (Fsp3) is 0.385. The van der Waals surface area contributed by atoms with Gasteiger partial charge in [0.1, 0.15) is 5.75 Å². The maximum absolute atomic E-state index is 11.9. The number of hydrogen-bond donors (Lipinski definition) is 0. The molecule has 1 rings (SSSR count). The first-order valence-electron chi connectivity index (χ1n) is 5.05. The third kappa shape index (κ3) is 5.86. The summed E-state index contributed by atoms with van der Waals surface area (Å²) in [6.07, 6.45) is -4.65. The third-order valence-electron chi connectivity index (χ3n) is 1.67. The fourth-order valence-corrected chi connectivity index (χ4v) is 1.000. The van der Waals surface area contributed by atoms with E-state index in [-0.39, 0.29) is 11.2 Å². The second-order valence-electron chi connectivity index (χ2n) is 4.57. The third-order valence-corrected chi connectivity index (χ3v) is 1.67. The molecule has 0 unspecified atom stereocenters. The standard InChI is InChI=1S/C13H13F3O/c1-12(2,3)9-8-10-4-6-11(7-5-10)17-13(14,15)16/h4-7H,1-3H3. The van der Waals surface area contributed by atoms with Gasteiger partial charge in [-0.2, -0.15) is 0 Å². The van der Waals surface area contributed by atoms with Gasteiger partial charge in [0.2, 0.25) is 0 Å². The van der Waals surface area contributed by atoms with Gasteiger partial charge in [0.15, 0.2) is 0 Å². The van der Waals surface area contributed by atoms with Crippen LogP contribution in [0.3, 0.4) is 0 Å². The summed E-state index contributed by atoms with van der Waals surface area (Å²) in [6, 6.07) is 5.50. The molecular weight excluding hydrogens is 229 g/mol. The normalized spacial score (nSPS) is 11.6. The molecule has 0 aliphatic heterocycles. The summed E-state index contributed by atoms with van der Waals surface area (Å²) in [6.45, 7) is 5.88. The first kappa shape index (κ1) is 13.4. The second kappa shape index (κ2) is 4.70. The van der Waals surface area contributed by atoms with Crippen LogP contribution in [0.4, 0.5) is 13.2 Å². The van der Waals surface area contributed by atoms with Crippen LogP contribution in [0.1, 0.15) is 26.3 Å². The van der Waals surface area contributed by atoms with Crippen LogP contribution in [-0.4, -0.2) is 6.36 Å². The monoisotopic (exact) mass is 242 g/mol. The molecule has 0 amide bonds. The van der Waals surface area contributed by atoms with E-state index in [1.54, 1.807) is 0 Å². The maximum atomic E-state index is 11.9. The Morgan fingerprint density at radius 2 is 1.53 bits per heavy atom. The van der Waals surface area contributed by atoms with Crippen LogP contribution in [0.5, 0.6) is 5.75 Å². The summed E-state index contributed by atoms with van der Waals surface area (Å²) in [5, 5.41) is 0. The highest BCUT2D eigenvalue weighted by molar-refractivity contribution is 5.39. The minimum Gasteiger partial charge on any atom is -0.406 e. The molecule has 0 aliphatic carbocycles. The van der Waals surface area contributed by atoms with Crippen molar-refractivity contribution in [1.82, 2.24) is 0 Å². The van der Waals surface area contributed by atoms with Gasteiger partial charge in [-0.25, -0.2) is 0 Å². The highest BCUT2D eigenvalue weighted by Gasteiger charge is 2.30. The van der Waals surface area contributed by atoms with Gasteiger partial charge in [0, 0.05) is 11.0 Å². The van der Waals surface area contributed by atoms with Crippen LogP contribution >= 0.6 is 0 Å². The Morgan fingerprint density at radius 3 is 1.94 bits per heavy atom. The van der Waals surface area contributed by atoms with E-state index in [1.807, 2.05) is 20.8 Å². The Bertz CT molecular complexity index is 427. The van der Waals surface area contributed by atoms with Crippen molar-refractivity contribution in [2.24, 2.45) is 5.41 Å². The highest BCUT2D eigenvalue weighted by Crippen LogP contribution is 2.22. The highest BCUT2D eigenvalue weighted by atomic mass is 19.4. The van der Waals surface area contributed by atoms with E-state index in [1.165, 1.54) is 24.3 Å². The Labute approximate surface area is 98.6 Å². The Morgan fingerprint density at radius 1 is 1.00 bits per heavy atom. The van der Waals surface area contributed by atoms with Gasteiger partial charge in [0.25, 0.3) is 0 Å². The molecule has 0 aliphatic rings. The van der Waals surface area contributed by atoms with Crippen LogP contribution < -0.4 is 4.74 Å². The molecule has 4 heteroatoms. The largest absolute Gasteiger partial charge is 0.573 e. The number of alkyl halides is 3. The summed E-state index contributed by atoms with van der Waals surface area (Å²) < 4.78 is 39.4. The van der Waals surface area contributed by atoms with E-state index >= 15 is 0 Å². The Balaban J connectivity index is 2.78. The summed E-state index contributed by atoms with van der Waals surface area (Å²) in [7, 11) is 0. The molecule has 0 radical (unpaired) electrons. The number of rotatable bonds is 1. The molecule has 0 saturated carbocycles. The van der Waals surface area contributed by atoms with Gasteiger partial charge in [-0.1, -0.05) is 11.8 Å². The summed E-state index contributed by atoms with van der Waals surface area (Å²) in [5.41, 5.74) is 0.524. The van der Waals surface area contributed by atoms with Crippen molar-refractivity contribution in [3.8, 4) is 17.6 Å². The molecule has 0 aromatic heterocycles. The first-order chi connectivity index (χ1) is 7.66. The Kier molecular flexibility index (Phi) is 3.72. The Hall–Kier alpha value is -1.63. The zero-order chi connectivity index (χ0) is 13.1.